The molecule has 0 fully saturated rings. The highest BCUT2D eigenvalue weighted by atomic mass is 32.1. The molecule has 1 N–H and O–H groups in total. The molecule has 12 heteroatoms. The van der Waals surface area contributed by atoms with Crippen LogP contribution in [0.1, 0.15) is 32.4 Å². The standard InChI is InChI=1S/C24H14N4O7S/c29-19(12-7-9-25-10-8-12)18(21-14-3-1-2-4-15(14)23(32)35-21)20(30)22(31)27-24-26-16-6-5-13(28(33)34)11-17(16)36-24/h1-11,18,21H,(H,26,27,31). The van der Waals surface area contributed by atoms with E-state index < -0.39 is 40.4 Å². The number of hydrogen-bond acceptors (Lipinski definition) is 10. The molecule has 1 aliphatic rings. The van der Waals surface area contributed by atoms with Gasteiger partial charge in [-0.15, -0.1) is 0 Å². The van der Waals surface area contributed by atoms with E-state index in [2.05, 4.69) is 15.3 Å². The molecule has 0 aliphatic carbocycles. The molecule has 5 rings (SSSR count). The second kappa shape index (κ2) is 9.07. The fourth-order valence-electron chi connectivity index (χ4n) is 3.89. The zero-order chi connectivity index (χ0) is 25.4. The van der Waals surface area contributed by atoms with Gasteiger partial charge >= 0.3 is 5.97 Å². The van der Waals surface area contributed by atoms with Gasteiger partial charge in [-0.25, -0.2) is 9.78 Å². The monoisotopic (exact) mass is 502 g/mol. The van der Waals surface area contributed by atoms with E-state index in [-0.39, 0.29) is 21.9 Å². The van der Waals surface area contributed by atoms with Crippen molar-refractivity contribution in [2.75, 3.05) is 5.32 Å². The fraction of sp³-hybridized carbons (Fsp3) is 0.0833. The summed E-state index contributed by atoms with van der Waals surface area (Å²) in [5, 5.41) is 13.4. The van der Waals surface area contributed by atoms with Crippen LogP contribution >= 0.6 is 11.3 Å². The van der Waals surface area contributed by atoms with Gasteiger partial charge < -0.3 is 4.74 Å². The number of amides is 1. The number of nitro groups is 1. The first-order valence-corrected chi connectivity index (χ1v) is 11.3. The predicted molar refractivity (Wildman–Crippen MR) is 127 cm³/mol. The van der Waals surface area contributed by atoms with Gasteiger partial charge in [0.25, 0.3) is 11.6 Å². The Labute approximate surface area is 205 Å². The molecule has 2 unspecified atom stereocenters. The summed E-state index contributed by atoms with van der Waals surface area (Å²) in [6, 6.07) is 13.1. The zero-order valence-corrected chi connectivity index (χ0v) is 18.9. The number of non-ortho nitro benzene ring substituents is 1. The van der Waals surface area contributed by atoms with Crippen molar-refractivity contribution in [3.63, 3.8) is 0 Å². The number of thiazole rings is 1. The second-order valence-corrected chi connectivity index (χ2v) is 8.77. The number of ketones is 2. The minimum atomic E-state index is -1.66. The maximum absolute atomic E-state index is 13.4. The number of nitrogens with zero attached hydrogens (tertiary/aromatic N) is 3. The second-order valence-electron chi connectivity index (χ2n) is 7.74. The highest BCUT2D eigenvalue weighted by Crippen LogP contribution is 2.38. The Balaban J connectivity index is 1.47. The number of ether oxygens (including phenoxy) is 1. The Morgan fingerprint density at radius 2 is 1.83 bits per heavy atom. The summed E-state index contributed by atoms with van der Waals surface area (Å²) in [6.07, 6.45) is 1.43. The number of pyridine rings is 1. The summed E-state index contributed by atoms with van der Waals surface area (Å²) >= 11 is 0.934. The van der Waals surface area contributed by atoms with Crippen LogP contribution in [0.25, 0.3) is 10.2 Å². The molecule has 178 valence electrons. The maximum atomic E-state index is 13.4. The lowest BCUT2D eigenvalue weighted by Crippen LogP contribution is -2.38. The quantitative estimate of drug-likeness (QED) is 0.0996. The number of hydrogen-bond donors (Lipinski definition) is 1. The number of aromatic nitrogens is 2. The third-order valence-electron chi connectivity index (χ3n) is 5.58. The van der Waals surface area contributed by atoms with E-state index in [1.165, 1.54) is 48.8 Å². The van der Waals surface area contributed by atoms with E-state index in [1.807, 2.05) is 0 Å². The number of nitro benzene ring substituents is 1. The fourth-order valence-corrected chi connectivity index (χ4v) is 4.78. The first kappa shape index (κ1) is 22.9. The summed E-state index contributed by atoms with van der Waals surface area (Å²) in [5.41, 5.74) is 0.879. The molecule has 4 aromatic rings. The normalized spacial score (nSPS) is 15.1. The van der Waals surface area contributed by atoms with Crippen LogP contribution in [0.2, 0.25) is 0 Å². The Hall–Kier alpha value is -4.84. The largest absolute Gasteiger partial charge is 0.453 e. The lowest BCUT2D eigenvalue weighted by atomic mass is 9.85. The van der Waals surface area contributed by atoms with Gasteiger partial charge in [0, 0.05) is 35.7 Å². The third-order valence-corrected chi connectivity index (χ3v) is 6.51. The molecule has 36 heavy (non-hydrogen) atoms. The zero-order valence-electron chi connectivity index (χ0n) is 18.1. The number of cyclic esters (lactones) is 1. The molecule has 2 aromatic carbocycles. The van der Waals surface area contributed by atoms with E-state index in [0.717, 1.165) is 11.3 Å². The molecule has 2 atom stereocenters. The van der Waals surface area contributed by atoms with Gasteiger partial charge in [0.05, 0.1) is 20.7 Å². The summed E-state index contributed by atoms with van der Waals surface area (Å²) in [7, 11) is 0. The Morgan fingerprint density at radius 1 is 1.08 bits per heavy atom. The van der Waals surface area contributed by atoms with Crippen LogP contribution in [0.5, 0.6) is 0 Å². The number of benzene rings is 2. The van der Waals surface area contributed by atoms with Crippen LogP contribution < -0.4 is 5.32 Å². The number of rotatable bonds is 7. The maximum Gasteiger partial charge on any atom is 0.339 e. The Kier molecular flexibility index (Phi) is 5.78. The number of fused-ring (bicyclic) bond motifs is 2. The average Bonchev–Trinajstić information content (AvgIpc) is 3.44. The molecule has 0 spiro atoms. The molecular formula is C24H14N4O7S. The molecule has 3 heterocycles. The van der Waals surface area contributed by atoms with Gasteiger partial charge in [0.2, 0.25) is 5.78 Å². The molecule has 11 nitrogen and oxygen atoms in total. The Morgan fingerprint density at radius 3 is 2.58 bits per heavy atom. The van der Waals surface area contributed by atoms with E-state index in [9.17, 15) is 29.3 Å². The molecule has 1 amide bonds. The molecule has 1 aliphatic heterocycles. The van der Waals surface area contributed by atoms with Crippen LogP contribution in [-0.2, 0) is 14.3 Å². The summed E-state index contributed by atoms with van der Waals surface area (Å²) in [4.78, 5) is 70.6. The number of nitrogens with one attached hydrogen (secondary N) is 1. The van der Waals surface area contributed by atoms with Crippen LogP contribution in [0.4, 0.5) is 10.8 Å². The summed E-state index contributed by atoms with van der Waals surface area (Å²) in [6.45, 7) is 0. The number of anilines is 1. The molecule has 0 saturated heterocycles. The first-order valence-electron chi connectivity index (χ1n) is 10.5. The van der Waals surface area contributed by atoms with Crippen molar-refractivity contribution in [2.45, 2.75) is 6.10 Å². The SMILES string of the molecule is O=C(Nc1nc2ccc([N+](=O)[O-])cc2s1)C(=O)C(C(=O)c1ccncc1)C1OC(=O)c2ccccc21. The number of carbonyl (C=O) groups excluding carboxylic acids is 4. The topological polar surface area (TPSA) is 158 Å². The van der Waals surface area contributed by atoms with Crippen molar-refractivity contribution < 1.29 is 28.8 Å². The number of esters is 1. The smallest absolute Gasteiger partial charge is 0.339 e. The van der Waals surface area contributed by atoms with Crippen molar-refractivity contribution in [3.05, 3.63) is 93.8 Å². The number of carbonyl (C=O) groups is 4. The van der Waals surface area contributed by atoms with E-state index >= 15 is 0 Å². The minimum absolute atomic E-state index is 0.0165. The summed E-state index contributed by atoms with van der Waals surface area (Å²) < 4.78 is 5.81. The van der Waals surface area contributed by atoms with Gasteiger partial charge in [-0.1, -0.05) is 29.5 Å². The first-order chi connectivity index (χ1) is 17.3. The van der Waals surface area contributed by atoms with Crippen molar-refractivity contribution in [3.8, 4) is 0 Å². The van der Waals surface area contributed by atoms with E-state index in [0.29, 0.717) is 15.8 Å². The van der Waals surface area contributed by atoms with Crippen LogP contribution in [-0.4, -0.2) is 38.3 Å². The van der Waals surface area contributed by atoms with Gasteiger partial charge in [-0.05, 0) is 24.3 Å². The van der Waals surface area contributed by atoms with Gasteiger partial charge in [-0.2, -0.15) is 0 Å². The highest BCUT2D eigenvalue weighted by molar-refractivity contribution is 7.22. The van der Waals surface area contributed by atoms with Gasteiger partial charge in [0.15, 0.2) is 10.9 Å². The van der Waals surface area contributed by atoms with Gasteiger partial charge in [0.1, 0.15) is 12.0 Å². The lowest BCUT2D eigenvalue weighted by molar-refractivity contribution is -0.384. The van der Waals surface area contributed by atoms with Crippen molar-refractivity contribution in [2.24, 2.45) is 5.92 Å². The van der Waals surface area contributed by atoms with Crippen LogP contribution in [0.15, 0.2) is 67.0 Å². The molecule has 0 radical (unpaired) electrons. The minimum Gasteiger partial charge on any atom is -0.453 e. The molecule has 2 aromatic heterocycles. The third kappa shape index (κ3) is 4.09. The molecular weight excluding hydrogens is 488 g/mol. The highest BCUT2D eigenvalue weighted by Gasteiger charge is 2.46. The molecule has 0 saturated carbocycles. The lowest BCUT2D eigenvalue weighted by Gasteiger charge is -2.20. The van der Waals surface area contributed by atoms with Crippen molar-refractivity contribution in [1.29, 1.82) is 0 Å². The summed E-state index contributed by atoms with van der Waals surface area (Å²) in [5.74, 6) is -5.35. The van der Waals surface area contributed by atoms with Crippen LogP contribution in [0.3, 0.4) is 0 Å². The van der Waals surface area contributed by atoms with Gasteiger partial charge in [-0.3, -0.25) is 34.8 Å². The average molecular weight is 502 g/mol. The van der Waals surface area contributed by atoms with Crippen molar-refractivity contribution in [1.82, 2.24) is 9.97 Å². The predicted octanol–water partition coefficient (Wildman–Crippen LogP) is 3.52. The van der Waals surface area contributed by atoms with Crippen LogP contribution in [0, 0.1) is 16.0 Å². The van der Waals surface area contributed by atoms with E-state index in [4.69, 9.17) is 4.74 Å². The Bertz CT molecular complexity index is 1570. The van der Waals surface area contributed by atoms with Crippen molar-refractivity contribution >= 4 is 55.8 Å². The number of Topliss-reactive ketones (excluding diaryl/α,β-unsaturated/α-hetero) is 2. The van der Waals surface area contributed by atoms with E-state index in [1.54, 1.807) is 18.2 Å². The molecule has 0 bridgehead atoms.